The zero-order chi connectivity index (χ0) is 19.2. The minimum atomic E-state index is 0.229. The molecule has 0 atom stereocenters. The van der Waals surface area contributed by atoms with E-state index in [2.05, 4.69) is 34.1 Å². The maximum Gasteiger partial charge on any atom is 0.222 e. The number of hydrogen-bond donors (Lipinski definition) is 0. The third-order valence-electron chi connectivity index (χ3n) is 5.56. The highest BCUT2D eigenvalue weighted by molar-refractivity contribution is 5.76. The van der Waals surface area contributed by atoms with Crippen LogP contribution >= 0.6 is 0 Å². The van der Waals surface area contributed by atoms with E-state index in [1.54, 1.807) is 0 Å². The fourth-order valence-corrected chi connectivity index (χ4v) is 3.90. The molecular formula is C22H29N3O3. The first-order valence-corrected chi connectivity index (χ1v) is 10.4. The van der Waals surface area contributed by atoms with E-state index < -0.39 is 0 Å². The number of nitrogens with zero attached hydrogens (tertiary/aromatic N) is 3. The summed E-state index contributed by atoms with van der Waals surface area (Å²) >= 11 is 0. The minimum absolute atomic E-state index is 0.229. The molecule has 0 bridgehead atoms. The lowest BCUT2D eigenvalue weighted by atomic mass is 10.1. The van der Waals surface area contributed by atoms with Crippen LogP contribution in [0.1, 0.15) is 35.7 Å². The molecule has 1 aromatic carbocycles. The van der Waals surface area contributed by atoms with Gasteiger partial charge >= 0.3 is 0 Å². The van der Waals surface area contributed by atoms with E-state index in [0.29, 0.717) is 13.0 Å². The lowest BCUT2D eigenvalue weighted by Crippen LogP contribution is -2.38. The van der Waals surface area contributed by atoms with Crippen LogP contribution in [0.15, 0.2) is 34.7 Å². The Morgan fingerprint density at radius 2 is 1.89 bits per heavy atom. The average Bonchev–Trinajstić information content (AvgIpc) is 3.16. The number of carbonyl (C=O) groups is 1. The number of hydrogen-bond acceptors (Lipinski definition) is 5. The van der Waals surface area contributed by atoms with Crippen LogP contribution in [0.4, 0.5) is 0 Å². The quantitative estimate of drug-likeness (QED) is 0.735. The third kappa shape index (κ3) is 5.00. The van der Waals surface area contributed by atoms with Crippen molar-refractivity contribution in [3.63, 3.8) is 0 Å². The first-order valence-electron chi connectivity index (χ1n) is 10.4. The Hall–Kier alpha value is -2.18. The van der Waals surface area contributed by atoms with Crippen molar-refractivity contribution in [2.75, 3.05) is 39.4 Å². The largest absolute Gasteiger partial charge is 0.445 e. The fraction of sp³-hybridized carbons (Fsp3) is 0.545. The summed E-state index contributed by atoms with van der Waals surface area (Å²) in [5.74, 6) is 1.98. The molecule has 0 radical (unpaired) electrons. The van der Waals surface area contributed by atoms with Gasteiger partial charge in [0.15, 0.2) is 5.89 Å². The Balaban J connectivity index is 1.24. The highest BCUT2D eigenvalue weighted by Crippen LogP contribution is 2.21. The van der Waals surface area contributed by atoms with E-state index in [-0.39, 0.29) is 5.91 Å². The molecule has 2 aliphatic heterocycles. The predicted octanol–water partition coefficient (Wildman–Crippen LogP) is 2.46. The van der Waals surface area contributed by atoms with Gasteiger partial charge in [0.25, 0.3) is 0 Å². The Bertz CT molecular complexity index is 769. The van der Waals surface area contributed by atoms with Crippen molar-refractivity contribution >= 4 is 5.91 Å². The summed E-state index contributed by atoms with van der Waals surface area (Å²) in [6.07, 6.45) is 3.99. The summed E-state index contributed by atoms with van der Waals surface area (Å²) in [5.41, 5.74) is 2.23. The van der Waals surface area contributed by atoms with Crippen molar-refractivity contribution in [2.24, 2.45) is 0 Å². The SMILES string of the molecule is O=C(CCCN1CCOCC1)N1CCc2oc(CCc3ccccc3)nc2C1. The summed E-state index contributed by atoms with van der Waals surface area (Å²) in [6, 6.07) is 10.4. The van der Waals surface area contributed by atoms with Gasteiger partial charge in [-0.15, -0.1) is 0 Å². The number of morpholine rings is 1. The smallest absolute Gasteiger partial charge is 0.222 e. The summed E-state index contributed by atoms with van der Waals surface area (Å²) in [4.78, 5) is 21.6. The molecule has 0 unspecified atom stereocenters. The zero-order valence-corrected chi connectivity index (χ0v) is 16.4. The Morgan fingerprint density at radius 3 is 2.71 bits per heavy atom. The molecule has 6 heteroatoms. The number of aryl methyl sites for hydroxylation is 2. The number of amides is 1. The molecular weight excluding hydrogens is 354 g/mol. The molecule has 6 nitrogen and oxygen atoms in total. The Labute approximate surface area is 166 Å². The van der Waals surface area contributed by atoms with Crippen LogP contribution in [-0.2, 0) is 35.3 Å². The lowest BCUT2D eigenvalue weighted by molar-refractivity contribution is -0.132. The summed E-state index contributed by atoms with van der Waals surface area (Å²) in [6.45, 7) is 5.86. The van der Waals surface area contributed by atoms with E-state index >= 15 is 0 Å². The van der Waals surface area contributed by atoms with Gasteiger partial charge < -0.3 is 14.1 Å². The van der Waals surface area contributed by atoms with Gasteiger partial charge in [0.05, 0.1) is 19.8 Å². The van der Waals surface area contributed by atoms with Crippen molar-refractivity contribution in [2.45, 2.75) is 38.6 Å². The van der Waals surface area contributed by atoms with Crippen LogP contribution in [0.3, 0.4) is 0 Å². The number of aromatic nitrogens is 1. The minimum Gasteiger partial charge on any atom is -0.445 e. The van der Waals surface area contributed by atoms with Crippen molar-refractivity contribution in [1.29, 1.82) is 0 Å². The van der Waals surface area contributed by atoms with Crippen LogP contribution in [0.25, 0.3) is 0 Å². The van der Waals surface area contributed by atoms with Crippen LogP contribution < -0.4 is 0 Å². The maximum absolute atomic E-state index is 12.6. The highest BCUT2D eigenvalue weighted by atomic mass is 16.5. The summed E-state index contributed by atoms with van der Waals surface area (Å²) < 4.78 is 11.3. The van der Waals surface area contributed by atoms with Gasteiger partial charge in [-0.1, -0.05) is 30.3 Å². The maximum atomic E-state index is 12.6. The van der Waals surface area contributed by atoms with Gasteiger partial charge in [-0.2, -0.15) is 0 Å². The first kappa shape index (κ1) is 19.2. The number of benzene rings is 1. The number of fused-ring (bicyclic) bond motifs is 1. The molecule has 0 aliphatic carbocycles. The molecule has 2 aromatic rings. The molecule has 28 heavy (non-hydrogen) atoms. The van der Waals surface area contributed by atoms with Crippen LogP contribution in [-0.4, -0.2) is 60.1 Å². The van der Waals surface area contributed by atoms with Crippen molar-refractivity contribution in [3.05, 3.63) is 53.2 Å². The number of carbonyl (C=O) groups excluding carboxylic acids is 1. The number of rotatable bonds is 7. The van der Waals surface area contributed by atoms with Gasteiger partial charge in [0.1, 0.15) is 11.5 Å². The van der Waals surface area contributed by atoms with Gasteiger partial charge in [-0.3, -0.25) is 9.69 Å². The van der Waals surface area contributed by atoms with Crippen LogP contribution in [0, 0.1) is 0 Å². The Morgan fingerprint density at radius 1 is 1.07 bits per heavy atom. The molecule has 1 saturated heterocycles. The third-order valence-corrected chi connectivity index (χ3v) is 5.56. The normalized spacial score (nSPS) is 17.5. The molecule has 0 N–H and O–H groups in total. The second kappa shape index (κ2) is 9.34. The van der Waals surface area contributed by atoms with Crippen molar-refractivity contribution < 1.29 is 13.9 Å². The average molecular weight is 383 g/mol. The molecule has 3 heterocycles. The molecule has 1 aromatic heterocycles. The summed E-state index contributed by atoms with van der Waals surface area (Å²) in [7, 11) is 0. The van der Waals surface area contributed by atoms with Crippen molar-refractivity contribution in [3.8, 4) is 0 Å². The van der Waals surface area contributed by atoms with Crippen molar-refractivity contribution in [1.82, 2.24) is 14.8 Å². The first-order chi connectivity index (χ1) is 13.8. The number of ether oxygens (including phenoxy) is 1. The topological polar surface area (TPSA) is 58.8 Å². The van der Waals surface area contributed by atoms with Crippen LogP contribution in [0.2, 0.25) is 0 Å². The lowest BCUT2D eigenvalue weighted by Gasteiger charge is -2.28. The molecule has 150 valence electrons. The second-order valence-corrected chi connectivity index (χ2v) is 7.59. The zero-order valence-electron chi connectivity index (χ0n) is 16.4. The highest BCUT2D eigenvalue weighted by Gasteiger charge is 2.25. The standard InChI is InChI=1S/C22H29N3O3/c26-22(7-4-11-24-13-15-27-16-14-24)25-12-10-20-19(17-25)23-21(28-20)9-8-18-5-2-1-3-6-18/h1-3,5-6H,4,7-17H2. The molecule has 1 fully saturated rings. The van der Waals surface area contributed by atoms with E-state index in [0.717, 1.165) is 82.4 Å². The van der Waals surface area contributed by atoms with E-state index in [9.17, 15) is 4.79 Å². The second-order valence-electron chi connectivity index (χ2n) is 7.59. The van der Waals surface area contributed by atoms with Gasteiger partial charge in [-0.05, 0) is 24.9 Å². The molecule has 2 aliphatic rings. The monoisotopic (exact) mass is 383 g/mol. The molecule has 0 saturated carbocycles. The van der Waals surface area contributed by atoms with Gasteiger partial charge in [-0.25, -0.2) is 4.98 Å². The van der Waals surface area contributed by atoms with E-state index in [1.165, 1.54) is 5.56 Å². The molecule has 0 spiro atoms. The van der Waals surface area contributed by atoms with Gasteiger partial charge in [0, 0.05) is 38.9 Å². The number of oxazole rings is 1. The Kier molecular flexibility index (Phi) is 6.39. The molecule has 1 amide bonds. The van der Waals surface area contributed by atoms with E-state index in [1.807, 2.05) is 11.0 Å². The predicted molar refractivity (Wildman–Crippen MR) is 106 cm³/mol. The fourth-order valence-electron chi connectivity index (χ4n) is 3.90. The summed E-state index contributed by atoms with van der Waals surface area (Å²) in [5, 5.41) is 0. The van der Waals surface area contributed by atoms with E-state index in [4.69, 9.17) is 9.15 Å². The van der Waals surface area contributed by atoms with Crippen LogP contribution in [0.5, 0.6) is 0 Å². The van der Waals surface area contributed by atoms with Gasteiger partial charge in [0.2, 0.25) is 5.91 Å². The molecule has 4 rings (SSSR count).